The van der Waals surface area contributed by atoms with Crippen molar-refractivity contribution < 1.29 is 8.42 Å². The van der Waals surface area contributed by atoms with E-state index in [-0.39, 0.29) is 11.4 Å². The van der Waals surface area contributed by atoms with Gasteiger partial charge in [0.1, 0.15) is 5.82 Å². The van der Waals surface area contributed by atoms with Gasteiger partial charge in [-0.05, 0) is 31.7 Å². The molecule has 1 aromatic carbocycles. The van der Waals surface area contributed by atoms with E-state index in [1.165, 1.54) is 0 Å². The highest BCUT2D eigenvalue weighted by Gasteiger charge is 2.16. The molecule has 2 rings (SSSR count). The number of benzene rings is 1. The lowest BCUT2D eigenvalue weighted by Gasteiger charge is -2.09. The van der Waals surface area contributed by atoms with Gasteiger partial charge in [0.05, 0.1) is 11.4 Å². The van der Waals surface area contributed by atoms with Gasteiger partial charge in [-0.25, -0.2) is 13.1 Å². The van der Waals surface area contributed by atoms with E-state index < -0.39 is 10.0 Å². The van der Waals surface area contributed by atoms with E-state index in [2.05, 4.69) is 14.9 Å². The van der Waals surface area contributed by atoms with Crippen LogP contribution < -0.4 is 4.72 Å². The molecule has 0 aliphatic heterocycles. The van der Waals surface area contributed by atoms with Crippen LogP contribution in [0, 0.1) is 6.92 Å². The molecule has 1 N–H and O–H groups in total. The Bertz CT molecular complexity index is 724. The highest BCUT2D eigenvalue weighted by Crippen LogP contribution is 2.17. The van der Waals surface area contributed by atoms with Crippen LogP contribution in [0.15, 0.2) is 34.3 Å². The third-order valence-electron chi connectivity index (χ3n) is 3.13. The predicted molar refractivity (Wildman–Crippen MR) is 87.3 cm³/mol. The molecule has 22 heavy (non-hydrogen) atoms. The first-order valence-corrected chi connectivity index (χ1v) is 9.56. The van der Waals surface area contributed by atoms with Gasteiger partial charge in [-0.1, -0.05) is 36.4 Å². The third kappa shape index (κ3) is 3.88. The Morgan fingerprint density at radius 1 is 1.18 bits per heavy atom. The van der Waals surface area contributed by atoms with Gasteiger partial charge in [0.2, 0.25) is 10.0 Å². The van der Waals surface area contributed by atoms with Crippen molar-refractivity contribution in [3.8, 4) is 0 Å². The molecule has 0 saturated carbocycles. The van der Waals surface area contributed by atoms with Crippen LogP contribution in [-0.4, -0.2) is 28.9 Å². The van der Waals surface area contributed by atoms with E-state index >= 15 is 0 Å². The highest BCUT2D eigenvalue weighted by atomic mass is 32.2. The molecule has 0 atom stereocenters. The summed E-state index contributed by atoms with van der Waals surface area (Å²) in [5.74, 6) is 1.52. The largest absolute Gasteiger partial charge is 0.305 e. The van der Waals surface area contributed by atoms with Gasteiger partial charge in [0.25, 0.3) is 0 Å². The summed E-state index contributed by atoms with van der Waals surface area (Å²) in [5.41, 5.74) is 1.02. The summed E-state index contributed by atoms with van der Waals surface area (Å²) in [6, 6.07) is 6.75. The zero-order valence-corrected chi connectivity index (χ0v) is 14.5. The number of aryl methyl sites for hydroxylation is 1. The number of aromatic nitrogens is 3. The average Bonchev–Trinajstić information content (AvgIpc) is 2.88. The van der Waals surface area contributed by atoms with Crippen molar-refractivity contribution >= 4 is 21.8 Å². The third-order valence-corrected chi connectivity index (χ3v) is 5.40. The average molecular weight is 340 g/mol. The van der Waals surface area contributed by atoms with Gasteiger partial charge in [-0.3, -0.25) is 0 Å². The maximum atomic E-state index is 12.3. The molecular weight excluding hydrogens is 320 g/mol. The second-order valence-electron chi connectivity index (χ2n) is 4.71. The number of hydrogen-bond donors (Lipinski definition) is 1. The summed E-state index contributed by atoms with van der Waals surface area (Å²) in [5, 5.41) is 9.00. The summed E-state index contributed by atoms with van der Waals surface area (Å²) in [6.45, 7) is 6.78. The van der Waals surface area contributed by atoms with Gasteiger partial charge >= 0.3 is 0 Å². The lowest BCUT2D eigenvalue weighted by molar-refractivity contribution is 0.572. The molecule has 0 bridgehead atoms. The van der Waals surface area contributed by atoms with E-state index in [0.717, 1.165) is 16.5 Å². The van der Waals surface area contributed by atoms with E-state index in [9.17, 15) is 8.42 Å². The molecule has 6 nitrogen and oxygen atoms in total. The molecule has 0 radical (unpaired) electrons. The Morgan fingerprint density at radius 2 is 1.86 bits per heavy atom. The van der Waals surface area contributed by atoms with Crippen molar-refractivity contribution in [3.05, 3.63) is 35.7 Å². The first kappa shape index (κ1) is 17.0. The van der Waals surface area contributed by atoms with E-state index in [1.807, 2.05) is 25.3 Å². The minimum atomic E-state index is -3.54. The lowest BCUT2D eigenvalue weighted by atomic mass is 10.2. The second kappa shape index (κ2) is 7.26. The van der Waals surface area contributed by atoms with Crippen molar-refractivity contribution in [3.63, 3.8) is 0 Å². The summed E-state index contributed by atoms with van der Waals surface area (Å²) < 4.78 is 29.1. The van der Waals surface area contributed by atoms with Crippen molar-refractivity contribution in [1.82, 2.24) is 19.5 Å². The molecule has 1 aromatic heterocycles. The minimum absolute atomic E-state index is 0.126. The summed E-state index contributed by atoms with van der Waals surface area (Å²) in [7, 11) is -3.54. The fourth-order valence-electron chi connectivity index (χ4n) is 1.96. The number of nitrogens with zero attached hydrogens (tertiary/aromatic N) is 3. The Labute approximate surface area is 135 Å². The zero-order chi connectivity index (χ0) is 16.2. The van der Waals surface area contributed by atoms with Crippen molar-refractivity contribution in [2.24, 2.45) is 0 Å². The summed E-state index contributed by atoms with van der Waals surface area (Å²) >= 11 is 1.59. The molecule has 0 amide bonds. The maximum absolute atomic E-state index is 12.3. The summed E-state index contributed by atoms with van der Waals surface area (Å²) in [6.07, 6.45) is 0. The number of nitrogens with one attached hydrogen (secondary N) is 1. The van der Waals surface area contributed by atoms with E-state index in [0.29, 0.717) is 12.4 Å². The first-order valence-electron chi connectivity index (χ1n) is 7.09. The number of thioether (sulfide) groups is 1. The minimum Gasteiger partial charge on any atom is -0.305 e. The monoisotopic (exact) mass is 340 g/mol. The Hall–Kier alpha value is -1.38. The van der Waals surface area contributed by atoms with Crippen LogP contribution >= 0.6 is 11.8 Å². The standard InChI is InChI=1S/C14H20N4O2S2/c1-4-18-13(16-17-14(18)21-5-2)10-15-22(19,20)12-8-6-11(3)7-9-12/h6-9,15H,4-5,10H2,1-3H3. The Kier molecular flexibility index (Phi) is 5.60. The van der Waals surface area contributed by atoms with Crippen LogP contribution in [0.3, 0.4) is 0 Å². The quantitative estimate of drug-likeness (QED) is 0.782. The van der Waals surface area contributed by atoms with E-state index in [1.54, 1.807) is 36.0 Å². The molecule has 0 aliphatic rings. The van der Waals surface area contributed by atoms with Crippen LogP contribution in [0.4, 0.5) is 0 Å². The van der Waals surface area contributed by atoms with Gasteiger partial charge in [0, 0.05) is 6.54 Å². The van der Waals surface area contributed by atoms with Gasteiger partial charge in [0.15, 0.2) is 5.16 Å². The number of rotatable bonds is 7. The lowest BCUT2D eigenvalue weighted by Crippen LogP contribution is -2.25. The smallest absolute Gasteiger partial charge is 0.240 e. The van der Waals surface area contributed by atoms with Crippen LogP contribution in [0.2, 0.25) is 0 Å². The molecular formula is C14H20N4O2S2. The predicted octanol–water partition coefficient (Wildman–Crippen LogP) is 2.20. The van der Waals surface area contributed by atoms with Gasteiger partial charge < -0.3 is 4.57 Å². The molecule has 1 heterocycles. The maximum Gasteiger partial charge on any atom is 0.240 e. The number of hydrogen-bond acceptors (Lipinski definition) is 5. The molecule has 120 valence electrons. The summed E-state index contributed by atoms with van der Waals surface area (Å²) in [4.78, 5) is 0.254. The number of sulfonamides is 1. The van der Waals surface area contributed by atoms with Crippen molar-refractivity contribution in [2.75, 3.05) is 5.75 Å². The van der Waals surface area contributed by atoms with Crippen LogP contribution in [0.1, 0.15) is 25.2 Å². The van der Waals surface area contributed by atoms with E-state index in [4.69, 9.17) is 0 Å². The first-order chi connectivity index (χ1) is 10.5. The van der Waals surface area contributed by atoms with Gasteiger partial charge in [-0.15, -0.1) is 10.2 Å². The zero-order valence-electron chi connectivity index (χ0n) is 12.9. The molecule has 0 spiro atoms. The Morgan fingerprint density at radius 3 is 2.45 bits per heavy atom. The topological polar surface area (TPSA) is 76.9 Å². The molecule has 0 saturated heterocycles. The highest BCUT2D eigenvalue weighted by molar-refractivity contribution is 7.99. The fourth-order valence-corrected chi connectivity index (χ4v) is 3.69. The molecule has 0 aliphatic carbocycles. The fraction of sp³-hybridized carbons (Fsp3) is 0.429. The van der Waals surface area contributed by atoms with Crippen molar-refractivity contribution in [1.29, 1.82) is 0 Å². The SMILES string of the molecule is CCSc1nnc(CNS(=O)(=O)c2ccc(C)cc2)n1CC. The molecule has 0 fully saturated rings. The second-order valence-corrected chi connectivity index (χ2v) is 7.71. The molecule has 8 heteroatoms. The molecule has 2 aromatic rings. The van der Waals surface area contributed by atoms with Crippen LogP contribution in [0.25, 0.3) is 0 Å². The van der Waals surface area contributed by atoms with Crippen LogP contribution in [-0.2, 0) is 23.1 Å². The Balaban J connectivity index is 2.13. The molecule has 0 unspecified atom stereocenters. The van der Waals surface area contributed by atoms with Crippen LogP contribution in [0.5, 0.6) is 0 Å². The van der Waals surface area contributed by atoms with Gasteiger partial charge in [-0.2, -0.15) is 0 Å². The normalized spacial score (nSPS) is 11.8. The van der Waals surface area contributed by atoms with Crippen molar-refractivity contribution in [2.45, 2.75) is 43.9 Å².